The van der Waals surface area contributed by atoms with Crippen molar-refractivity contribution in [1.29, 1.82) is 0 Å². The summed E-state index contributed by atoms with van der Waals surface area (Å²) in [4.78, 5) is 24.3. The van der Waals surface area contributed by atoms with Crippen LogP contribution >= 0.6 is 0 Å². The lowest BCUT2D eigenvalue weighted by Crippen LogP contribution is -2.62. The number of ether oxygens (including phenoxy) is 1. The van der Waals surface area contributed by atoms with Crippen LogP contribution in [0, 0.1) is 51.8 Å². The van der Waals surface area contributed by atoms with Gasteiger partial charge < -0.3 is 15.2 Å². The van der Waals surface area contributed by atoms with Crippen molar-refractivity contribution in [3.05, 3.63) is 23.3 Å². The number of likely N-dealkylation sites (N-methyl/N-ethyl adjacent to an activating group) is 1. The third-order valence-corrected chi connectivity index (χ3v) is 13.2. The molecule has 5 heteroatoms. The molecule has 0 amide bonds. The molecular formula is C35H55NO4. The highest BCUT2D eigenvalue weighted by atomic mass is 16.5. The van der Waals surface area contributed by atoms with E-state index in [4.69, 9.17) is 4.74 Å². The molecule has 0 aromatic heterocycles. The van der Waals surface area contributed by atoms with E-state index in [1.807, 2.05) is 0 Å². The van der Waals surface area contributed by atoms with E-state index in [0.717, 1.165) is 25.2 Å². The van der Waals surface area contributed by atoms with Crippen molar-refractivity contribution in [3.63, 3.8) is 0 Å². The molecule has 5 nitrogen and oxygen atoms in total. The second-order valence-electron chi connectivity index (χ2n) is 15.9. The van der Waals surface area contributed by atoms with E-state index in [1.54, 1.807) is 25.0 Å². The maximum absolute atomic E-state index is 12.8. The summed E-state index contributed by atoms with van der Waals surface area (Å²) >= 11 is 0. The lowest BCUT2D eigenvalue weighted by atomic mass is 9.38. The average molecular weight is 554 g/mol. The summed E-state index contributed by atoms with van der Waals surface area (Å²) in [5, 5.41) is 13.3. The van der Waals surface area contributed by atoms with Gasteiger partial charge in [-0.2, -0.15) is 0 Å². The van der Waals surface area contributed by atoms with Crippen LogP contribution in [0.25, 0.3) is 0 Å². The van der Waals surface area contributed by atoms with Gasteiger partial charge in [-0.25, -0.2) is 0 Å². The van der Waals surface area contributed by atoms with Crippen LogP contribution in [0.15, 0.2) is 23.3 Å². The summed E-state index contributed by atoms with van der Waals surface area (Å²) in [5.74, 6) is 2.12. The Morgan fingerprint density at radius 2 is 1.68 bits per heavy atom. The number of rotatable bonds is 6. The van der Waals surface area contributed by atoms with Crippen LogP contribution in [-0.2, 0) is 14.3 Å². The van der Waals surface area contributed by atoms with E-state index >= 15 is 0 Å². The van der Waals surface area contributed by atoms with Gasteiger partial charge in [-0.15, -0.1) is 0 Å². The summed E-state index contributed by atoms with van der Waals surface area (Å²) in [7, 11) is 2.17. The molecule has 224 valence electrons. The van der Waals surface area contributed by atoms with Gasteiger partial charge in [0.1, 0.15) is 6.10 Å². The number of aliphatic carboxylic acids is 1. The average Bonchev–Trinajstić information content (AvgIpc) is 3.18. The van der Waals surface area contributed by atoms with Gasteiger partial charge in [0, 0.05) is 5.54 Å². The van der Waals surface area contributed by atoms with Crippen LogP contribution in [0.2, 0.25) is 0 Å². The molecule has 5 aliphatic rings. The summed E-state index contributed by atoms with van der Waals surface area (Å²) in [6.45, 7) is 20.0. The molecule has 5 aliphatic carbocycles. The molecule has 0 aromatic rings. The second-order valence-corrected chi connectivity index (χ2v) is 15.9. The van der Waals surface area contributed by atoms with Crippen LogP contribution in [0.4, 0.5) is 0 Å². The van der Waals surface area contributed by atoms with Crippen molar-refractivity contribution in [2.75, 3.05) is 7.05 Å². The first-order valence-corrected chi connectivity index (χ1v) is 16.2. The normalized spacial score (nSPS) is 43.1. The Morgan fingerprint density at radius 3 is 2.30 bits per heavy atom. The standard InChI is InChI=1S/C35H55NO4/c1-20(2)29-21(3)18-35(36-9)17-13-25-23(30(29)35)10-11-27-33(7)16-14-26(22(4)24(33)12-15-34(25,27)8)40-28(37)19-32(5,6)31(38)39/h20,22-27,36H,3,10-19H2,1-2,4-9H3,(H,38,39). The highest BCUT2D eigenvalue weighted by molar-refractivity contribution is 5.81. The highest BCUT2D eigenvalue weighted by Gasteiger charge is 2.64. The van der Waals surface area contributed by atoms with E-state index < -0.39 is 11.4 Å². The molecule has 0 radical (unpaired) electrons. The predicted octanol–water partition coefficient (Wildman–Crippen LogP) is 7.56. The fourth-order valence-corrected chi connectivity index (χ4v) is 11.2. The molecule has 0 spiro atoms. The van der Waals surface area contributed by atoms with Crippen molar-refractivity contribution < 1.29 is 19.4 Å². The first kappa shape index (κ1) is 29.9. The Kier molecular flexibility index (Phi) is 7.46. The number of carboxylic acids is 1. The van der Waals surface area contributed by atoms with Crippen LogP contribution in [0.3, 0.4) is 0 Å². The van der Waals surface area contributed by atoms with E-state index in [-0.39, 0.29) is 29.4 Å². The molecule has 0 aliphatic heterocycles. The monoisotopic (exact) mass is 553 g/mol. The van der Waals surface area contributed by atoms with E-state index in [2.05, 4.69) is 53.6 Å². The third-order valence-electron chi connectivity index (χ3n) is 13.2. The first-order valence-electron chi connectivity index (χ1n) is 16.2. The van der Waals surface area contributed by atoms with Gasteiger partial charge in [0.05, 0.1) is 11.8 Å². The first-order chi connectivity index (χ1) is 18.6. The fourth-order valence-electron chi connectivity index (χ4n) is 11.2. The Balaban J connectivity index is 1.37. The topological polar surface area (TPSA) is 75.6 Å². The van der Waals surface area contributed by atoms with E-state index in [1.165, 1.54) is 44.1 Å². The van der Waals surface area contributed by atoms with Crippen molar-refractivity contribution in [3.8, 4) is 0 Å². The van der Waals surface area contributed by atoms with Gasteiger partial charge >= 0.3 is 11.9 Å². The molecule has 0 aromatic carbocycles. The number of hydrogen-bond acceptors (Lipinski definition) is 4. The Labute approximate surface area is 243 Å². The molecule has 0 saturated heterocycles. The molecule has 40 heavy (non-hydrogen) atoms. The number of nitrogens with one attached hydrogen (secondary N) is 1. The Morgan fingerprint density at radius 1 is 1.05 bits per heavy atom. The number of carbonyl (C=O) groups excluding carboxylic acids is 1. The van der Waals surface area contributed by atoms with E-state index in [9.17, 15) is 14.7 Å². The zero-order valence-corrected chi connectivity index (χ0v) is 26.5. The number of fused-ring (bicyclic) bond motifs is 7. The molecule has 0 heterocycles. The summed E-state index contributed by atoms with van der Waals surface area (Å²) in [5.41, 5.74) is 4.29. The number of esters is 1. The predicted molar refractivity (Wildman–Crippen MR) is 160 cm³/mol. The molecule has 0 bridgehead atoms. The summed E-state index contributed by atoms with van der Waals surface area (Å²) in [6, 6.07) is 0. The number of carbonyl (C=O) groups is 2. The fraction of sp³-hybridized carbons (Fsp3) is 0.829. The minimum atomic E-state index is -1.10. The van der Waals surface area contributed by atoms with Gasteiger partial charge in [0.25, 0.3) is 0 Å². The van der Waals surface area contributed by atoms with Crippen molar-refractivity contribution >= 4 is 11.9 Å². The Bertz CT molecular complexity index is 1100. The Hall–Kier alpha value is -1.62. The molecule has 9 unspecified atom stereocenters. The highest BCUT2D eigenvalue weighted by Crippen LogP contribution is 2.71. The van der Waals surface area contributed by atoms with Crippen molar-refractivity contribution in [2.24, 2.45) is 51.8 Å². The van der Waals surface area contributed by atoms with Crippen LogP contribution < -0.4 is 5.32 Å². The zero-order chi connectivity index (χ0) is 29.4. The summed E-state index contributed by atoms with van der Waals surface area (Å²) < 4.78 is 6.02. The lowest BCUT2D eigenvalue weighted by molar-refractivity contribution is -0.191. The SMILES string of the molecule is C=C1CC2(NC)CCC3C(CCC4C3(C)CCC3C(C)C(OC(=O)CC(C)(C)C(=O)O)CCC34C)C2=C1C(C)C. The minimum Gasteiger partial charge on any atom is -0.481 e. The maximum atomic E-state index is 12.8. The number of allylic oxidation sites excluding steroid dienone is 1. The van der Waals surface area contributed by atoms with Crippen LogP contribution in [-0.4, -0.2) is 35.7 Å². The minimum absolute atomic E-state index is 0.0774. The van der Waals surface area contributed by atoms with Gasteiger partial charge in [-0.1, -0.05) is 41.2 Å². The third kappa shape index (κ3) is 4.34. The summed E-state index contributed by atoms with van der Waals surface area (Å²) in [6.07, 6.45) is 10.4. The van der Waals surface area contributed by atoms with Crippen molar-refractivity contribution in [2.45, 2.75) is 124 Å². The molecule has 2 N–H and O–H groups in total. The molecular weight excluding hydrogens is 498 g/mol. The number of carboxylic acid groups (broad SMARTS) is 1. The maximum Gasteiger partial charge on any atom is 0.309 e. The quantitative estimate of drug-likeness (QED) is 0.332. The molecule has 5 rings (SSSR count). The number of hydrogen-bond donors (Lipinski definition) is 2. The smallest absolute Gasteiger partial charge is 0.309 e. The van der Waals surface area contributed by atoms with Gasteiger partial charge in [-0.05, 0) is 142 Å². The second kappa shape index (κ2) is 9.99. The van der Waals surface area contributed by atoms with Gasteiger partial charge in [0.2, 0.25) is 0 Å². The lowest BCUT2D eigenvalue weighted by Gasteiger charge is -2.67. The van der Waals surface area contributed by atoms with Gasteiger partial charge in [-0.3, -0.25) is 9.59 Å². The van der Waals surface area contributed by atoms with Crippen molar-refractivity contribution in [1.82, 2.24) is 5.32 Å². The van der Waals surface area contributed by atoms with E-state index in [0.29, 0.717) is 35.0 Å². The molecule has 9 atom stereocenters. The zero-order valence-electron chi connectivity index (χ0n) is 26.5. The van der Waals surface area contributed by atoms with Crippen LogP contribution in [0.1, 0.15) is 113 Å². The van der Waals surface area contributed by atoms with Crippen LogP contribution in [0.5, 0.6) is 0 Å². The largest absolute Gasteiger partial charge is 0.481 e. The van der Waals surface area contributed by atoms with Gasteiger partial charge in [0.15, 0.2) is 0 Å². The molecule has 4 fully saturated rings. The molecule has 4 saturated carbocycles.